The molecule has 2 amide bonds. The van der Waals surface area contributed by atoms with Crippen molar-refractivity contribution in [2.24, 2.45) is 5.41 Å². The van der Waals surface area contributed by atoms with E-state index in [0.717, 1.165) is 0 Å². The molecule has 0 spiro atoms. The molecule has 3 N–H and O–H groups in total. The van der Waals surface area contributed by atoms with Crippen LogP contribution in [0.5, 0.6) is 0 Å². The molecule has 27 heavy (non-hydrogen) atoms. The van der Waals surface area contributed by atoms with Crippen LogP contribution < -0.4 is 15.4 Å². The maximum atomic E-state index is 12.4. The van der Waals surface area contributed by atoms with E-state index in [-0.39, 0.29) is 23.1 Å². The van der Waals surface area contributed by atoms with Gasteiger partial charge in [-0.2, -0.15) is 0 Å². The van der Waals surface area contributed by atoms with Crippen molar-refractivity contribution in [2.45, 2.75) is 64.8 Å². The summed E-state index contributed by atoms with van der Waals surface area (Å²) in [5.41, 5.74) is -0.652. The molecule has 0 radical (unpaired) electrons. The van der Waals surface area contributed by atoms with Crippen molar-refractivity contribution in [2.75, 3.05) is 11.9 Å². The van der Waals surface area contributed by atoms with Crippen LogP contribution in [0.1, 0.15) is 54.4 Å². The third-order valence-corrected chi connectivity index (χ3v) is 5.17. The van der Waals surface area contributed by atoms with Crippen LogP contribution in [0, 0.1) is 5.41 Å². The number of hydrogen-bond acceptors (Lipinski definition) is 4. The molecule has 0 aliphatic heterocycles. The van der Waals surface area contributed by atoms with Gasteiger partial charge in [-0.25, -0.2) is 13.1 Å². The van der Waals surface area contributed by atoms with Crippen molar-refractivity contribution >= 4 is 27.5 Å². The lowest BCUT2D eigenvalue weighted by Gasteiger charge is -2.20. The smallest absolute Gasteiger partial charge is 0.241 e. The molecular weight excluding hydrogens is 366 g/mol. The van der Waals surface area contributed by atoms with Gasteiger partial charge in [-0.1, -0.05) is 26.8 Å². The van der Waals surface area contributed by atoms with E-state index in [0.29, 0.717) is 18.7 Å². The molecule has 0 unspecified atom stereocenters. The van der Waals surface area contributed by atoms with E-state index in [2.05, 4.69) is 15.4 Å². The van der Waals surface area contributed by atoms with E-state index in [1.807, 2.05) is 20.8 Å². The molecular formula is C19H31N3O4S. The lowest BCUT2D eigenvalue weighted by molar-refractivity contribution is -0.128. The molecule has 1 rings (SSSR count). The monoisotopic (exact) mass is 397 g/mol. The Morgan fingerprint density at radius 2 is 1.67 bits per heavy atom. The molecule has 0 fully saturated rings. The molecule has 1 aromatic carbocycles. The van der Waals surface area contributed by atoms with Gasteiger partial charge in [0.2, 0.25) is 21.8 Å². The van der Waals surface area contributed by atoms with Crippen molar-refractivity contribution < 1.29 is 18.0 Å². The molecule has 7 nitrogen and oxygen atoms in total. The highest BCUT2D eigenvalue weighted by molar-refractivity contribution is 7.89. The van der Waals surface area contributed by atoms with Crippen molar-refractivity contribution in [1.82, 2.24) is 10.0 Å². The first-order chi connectivity index (χ1) is 12.2. The molecule has 0 aliphatic carbocycles. The number of carbonyl (C=O) groups is 2. The zero-order chi connectivity index (χ0) is 20.9. The van der Waals surface area contributed by atoms with Gasteiger partial charge in [0, 0.05) is 29.6 Å². The molecule has 0 aliphatic rings. The van der Waals surface area contributed by atoms with E-state index in [9.17, 15) is 18.0 Å². The minimum Gasteiger partial charge on any atom is -0.356 e. The molecule has 1 aromatic rings. The molecule has 152 valence electrons. The molecule has 0 atom stereocenters. The second-order valence-electron chi connectivity index (χ2n) is 8.54. The minimum absolute atomic E-state index is 0.0628. The molecule has 0 aromatic heterocycles. The highest BCUT2D eigenvalue weighted by atomic mass is 32.2. The predicted molar refractivity (Wildman–Crippen MR) is 107 cm³/mol. The second kappa shape index (κ2) is 8.84. The van der Waals surface area contributed by atoms with Crippen LogP contribution in [0.4, 0.5) is 5.69 Å². The zero-order valence-electron chi connectivity index (χ0n) is 17.0. The minimum atomic E-state index is -3.67. The van der Waals surface area contributed by atoms with Gasteiger partial charge in [-0.3, -0.25) is 9.59 Å². The maximum Gasteiger partial charge on any atom is 0.241 e. The van der Waals surface area contributed by atoms with Crippen LogP contribution in [0.3, 0.4) is 0 Å². The summed E-state index contributed by atoms with van der Waals surface area (Å²) in [4.78, 5) is 23.9. The number of benzene rings is 1. The Morgan fingerprint density at radius 1 is 1.04 bits per heavy atom. The van der Waals surface area contributed by atoms with Crippen LogP contribution in [0.15, 0.2) is 29.2 Å². The number of hydrogen-bond donors (Lipinski definition) is 3. The normalized spacial score (nSPS) is 12.5. The van der Waals surface area contributed by atoms with Gasteiger partial charge in [0.05, 0.1) is 4.90 Å². The van der Waals surface area contributed by atoms with Crippen LogP contribution in [-0.2, 0) is 19.6 Å². The Balaban J connectivity index is 2.60. The number of amides is 2. The summed E-state index contributed by atoms with van der Waals surface area (Å²) < 4.78 is 27.3. The first-order valence-electron chi connectivity index (χ1n) is 8.93. The van der Waals surface area contributed by atoms with Crippen molar-refractivity contribution in [3.8, 4) is 0 Å². The summed E-state index contributed by atoms with van der Waals surface area (Å²) >= 11 is 0. The van der Waals surface area contributed by atoms with Crippen LogP contribution >= 0.6 is 0 Å². The lowest BCUT2D eigenvalue weighted by Crippen LogP contribution is -2.40. The number of anilines is 1. The average molecular weight is 398 g/mol. The Bertz CT molecular complexity index is 775. The largest absolute Gasteiger partial charge is 0.356 e. The van der Waals surface area contributed by atoms with Crippen LogP contribution in [0.2, 0.25) is 0 Å². The van der Waals surface area contributed by atoms with Gasteiger partial charge in [0.15, 0.2) is 0 Å². The summed E-state index contributed by atoms with van der Waals surface area (Å²) in [6, 6.07) is 6.12. The highest BCUT2D eigenvalue weighted by Gasteiger charge is 2.22. The molecule has 0 heterocycles. The van der Waals surface area contributed by atoms with Gasteiger partial charge in [-0.15, -0.1) is 0 Å². The van der Waals surface area contributed by atoms with Gasteiger partial charge < -0.3 is 10.6 Å². The Kier molecular flexibility index (Phi) is 7.57. The topological polar surface area (TPSA) is 104 Å². The van der Waals surface area contributed by atoms with E-state index in [4.69, 9.17) is 0 Å². The van der Waals surface area contributed by atoms with Crippen molar-refractivity contribution in [1.29, 1.82) is 0 Å². The quantitative estimate of drug-likeness (QED) is 0.615. The van der Waals surface area contributed by atoms with Crippen LogP contribution in [-0.4, -0.2) is 32.3 Å². The lowest BCUT2D eigenvalue weighted by atomic mass is 9.96. The SMILES string of the molecule is CC(C)(C)NS(=O)(=O)c1cccc(NC(=O)CCCNC(=O)C(C)(C)C)c1. The third-order valence-electron chi connectivity index (χ3n) is 3.42. The fourth-order valence-electron chi connectivity index (χ4n) is 2.14. The molecule has 0 bridgehead atoms. The Morgan fingerprint density at radius 3 is 2.22 bits per heavy atom. The van der Waals surface area contributed by atoms with Crippen molar-refractivity contribution in [3.63, 3.8) is 0 Å². The van der Waals surface area contributed by atoms with E-state index in [1.165, 1.54) is 12.1 Å². The van der Waals surface area contributed by atoms with E-state index in [1.54, 1.807) is 32.9 Å². The fraction of sp³-hybridized carbons (Fsp3) is 0.579. The summed E-state index contributed by atoms with van der Waals surface area (Å²) in [7, 11) is -3.67. The summed E-state index contributed by atoms with van der Waals surface area (Å²) in [5.74, 6) is -0.300. The van der Waals surface area contributed by atoms with Gasteiger partial charge in [-0.05, 0) is 45.4 Å². The molecule has 0 saturated heterocycles. The second-order valence-corrected chi connectivity index (χ2v) is 10.2. The Hall–Kier alpha value is -1.93. The van der Waals surface area contributed by atoms with Gasteiger partial charge in [0.1, 0.15) is 0 Å². The summed E-state index contributed by atoms with van der Waals surface area (Å²) in [6.07, 6.45) is 0.721. The summed E-state index contributed by atoms with van der Waals surface area (Å²) in [6.45, 7) is 11.2. The molecule has 0 saturated carbocycles. The number of rotatable bonds is 7. The maximum absolute atomic E-state index is 12.4. The molecule has 8 heteroatoms. The van der Waals surface area contributed by atoms with Crippen LogP contribution in [0.25, 0.3) is 0 Å². The van der Waals surface area contributed by atoms with Gasteiger partial charge >= 0.3 is 0 Å². The van der Waals surface area contributed by atoms with E-state index >= 15 is 0 Å². The Labute approximate surface area is 162 Å². The van der Waals surface area contributed by atoms with E-state index < -0.39 is 21.0 Å². The number of carbonyl (C=O) groups excluding carboxylic acids is 2. The highest BCUT2D eigenvalue weighted by Crippen LogP contribution is 2.18. The fourth-order valence-corrected chi connectivity index (χ4v) is 3.61. The number of nitrogens with one attached hydrogen (secondary N) is 3. The first-order valence-corrected chi connectivity index (χ1v) is 10.4. The third kappa shape index (κ3) is 8.53. The summed E-state index contributed by atoms with van der Waals surface area (Å²) in [5, 5.41) is 5.48. The zero-order valence-corrected chi connectivity index (χ0v) is 17.8. The van der Waals surface area contributed by atoms with Crippen molar-refractivity contribution in [3.05, 3.63) is 24.3 Å². The standard InChI is InChI=1S/C19H31N3O4S/c1-18(2,3)17(24)20-12-8-11-16(23)21-14-9-7-10-15(13-14)27(25,26)22-19(4,5)6/h7,9-10,13,22H,8,11-12H2,1-6H3,(H,20,24)(H,21,23). The predicted octanol–water partition coefficient (Wildman–Crippen LogP) is 2.64. The van der Waals surface area contributed by atoms with Gasteiger partial charge in [0.25, 0.3) is 0 Å². The first kappa shape index (κ1) is 23.1. The average Bonchev–Trinajstić information content (AvgIpc) is 2.48. The number of sulfonamides is 1.